The maximum atomic E-state index is 12.7. The van der Waals surface area contributed by atoms with Gasteiger partial charge in [-0.1, -0.05) is 12.1 Å². The van der Waals surface area contributed by atoms with E-state index in [9.17, 15) is 4.79 Å². The van der Waals surface area contributed by atoms with Gasteiger partial charge in [-0.25, -0.2) is 10.4 Å². The SMILES string of the molecule is Cc1nc2ccccc2n1CC1CC(C(=O)NC2CCOC(C)(C)C2)NN1. The molecule has 1 aromatic heterocycles. The van der Waals surface area contributed by atoms with E-state index in [-0.39, 0.29) is 29.6 Å². The molecule has 3 N–H and O–H groups in total. The van der Waals surface area contributed by atoms with Crippen molar-refractivity contribution in [2.45, 2.75) is 70.3 Å². The highest BCUT2D eigenvalue weighted by molar-refractivity contribution is 5.82. The molecule has 0 radical (unpaired) electrons. The Hall–Kier alpha value is -1.96. The molecule has 2 fully saturated rings. The summed E-state index contributed by atoms with van der Waals surface area (Å²) >= 11 is 0. The van der Waals surface area contributed by atoms with Crippen LogP contribution in [0.25, 0.3) is 11.0 Å². The number of aryl methyl sites for hydroxylation is 1. The number of para-hydroxylation sites is 2. The number of amides is 1. The van der Waals surface area contributed by atoms with E-state index in [0.717, 1.165) is 42.7 Å². The van der Waals surface area contributed by atoms with Crippen LogP contribution in [0.2, 0.25) is 0 Å². The van der Waals surface area contributed by atoms with E-state index in [4.69, 9.17) is 4.74 Å². The molecule has 1 aromatic carbocycles. The van der Waals surface area contributed by atoms with Crippen molar-refractivity contribution in [1.29, 1.82) is 0 Å². The van der Waals surface area contributed by atoms with Gasteiger partial charge in [0.2, 0.25) is 5.91 Å². The molecule has 2 aromatic rings. The number of nitrogens with zero attached hydrogens (tertiary/aromatic N) is 2. The van der Waals surface area contributed by atoms with Crippen molar-refractivity contribution in [1.82, 2.24) is 25.7 Å². The van der Waals surface area contributed by atoms with E-state index in [1.165, 1.54) is 0 Å². The van der Waals surface area contributed by atoms with Crippen molar-refractivity contribution < 1.29 is 9.53 Å². The first kappa shape index (κ1) is 18.4. The van der Waals surface area contributed by atoms with Crippen LogP contribution in [0.1, 0.15) is 38.9 Å². The second-order valence-electron chi connectivity index (χ2n) is 8.34. The Morgan fingerprint density at radius 3 is 3.00 bits per heavy atom. The van der Waals surface area contributed by atoms with Crippen LogP contribution in [0.5, 0.6) is 0 Å². The van der Waals surface area contributed by atoms with Gasteiger partial charge in [0.1, 0.15) is 11.9 Å². The minimum Gasteiger partial charge on any atom is -0.375 e. The number of hydrogen-bond acceptors (Lipinski definition) is 5. The molecular formula is C20H29N5O2. The van der Waals surface area contributed by atoms with Gasteiger partial charge in [-0.15, -0.1) is 0 Å². The number of ether oxygens (including phenoxy) is 1. The van der Waals surface area contributed by atoms with Crippen molar-refractivity contribution >= 4 is 16.9 Å². The molecule has 2 aliphatic rings. The van der Waals surface area contributed by atoms with Crippen LogP contribution >= 0.6 is 0 Å². The van der Waals surface area contributed by atoms with Gasteiger partial charge >= 0.3 is 0 Å². The standard InChI is InChI=1S/C20H29N5O2/c1-13-21-16-6-4-5-7-18(16)25(13)12-15-10-17(24-23-15)19(26)22-14-8-9-27-20(2,3)11-14/h4-7,14-15,17,23-24H,8-12H2,1-3H3,(H,22,26). The number of carbonyl (C=O) groups is 1. The first-order valence-corrected chi connectivity index (χ1v) is 9.78. The highest BCUT2D eigenvalue weighted by Crippen LogP contribution is 2.24. The normalized spacial score (nSPS) is 27.7. The fraction of sp³-hybridized carbons (Fsp3) is 0.600. The van der Waals surface area contributed by atoms with Crippen LogP contribution in [0.4, 0.5) is 0 Å². The summed E-state index contributed by atoms with van der Waals surface area (Å²) in [5, 5.41) is 3.20. The van der Waals surface area contributed by atoms with E-state index in [1.807, 2.05) is 25.1 Å². The zero-order valence-corrected chi connectivity index (χ0v) is 16.3. The molecule has 4 rings (SSSR count). The topological polar surface area (TPSA) is 80.2 Å². The van der Waals surface area contributed by atoms with Crippen molar-refractivity contribution in [3.05, 3.63) is 30.1 Å². The van der Waals surface area contributed by atoms with Gasteiger partial charge < -0.3 is 14.6 Å². The number of rotatable bonds is 4. The Kier molecular flexibility index (Phi) is 4.92. The lowest BCUT2D eigenvalue weighted by molar-refractivity contribution is -0.125. The lowest BCUT2D eigenvalue weighted by atomic mass is 9.93. The van der Waals surface area contributed by atoms with Gasteiger partial charge in [-0.05, 0) is 52.2 Å². The van der Waals surface area contributed by atoms with E-state index < -0.39 is 0 Å². The Bertz CT molecular complexity index is 831. The zero-order chi connectivity index (χ0) is 19.0. The van der Waals surface area contributed by atoms with Gasteiger partial charge in [0.15, 0.2) is 0 Å². The minimum atomic E-state index is -0.212. The molecule has 3 unspecified atom stereocenters. The summed E-state index contributed by atoms with van der Waals surface area (Å²) in [6.45, 7) is 7.67. The number of hydrazine groups is 1. The van der Waals surface area contributed by atoms with Gasteiger partial charge in [-0.2, -0.15) is 0 Å². The fourth-order valence-corrected chi connectivity index (χ4v) is 4.22. The lowest BCUT2D eigenvalue weighted by Crippen LogP contribution is -2.51. The Morgan fingerprint density at radius 2 is 2.19 bits per heavy atom. The maximum Gasteiger partial charge on any atom is 0.238 e. The number of hydrogen-bond donors (Lipinski definition) is 3. The summed E-state index contributed by atoms with van der Waals surface area (Å²) in [6, 6.07) is 8.32. The van der Waals surface area contributed by atoms with Crippen molar-refractivity contribution in [2.24, 2.45) is 0 Å². The molecule has 0 saturated carbocycles. The average Bonchev–Trinajstić information content (AvgIpc) is 3.20. The first-order valence-electron chi connectivity index (χ1n) is 9.78. The summed E-state index contributed by atoms with van der Waals surface area (Å²) < 4.78 is 7.95. The number of benzene rings is 1. The molecule has 3 atom stereocenters. The van der Waals surface area contributed by atoms with Crippen molar-refractivity contribution in [2.75, 3.05) is 6.61 Å². The molecule has 3 heterocycles. The average molecular weight is 371 g/mol. The Labute approximate surface area is 159 Å². The van der Waals surface area contributed by atoms with Crippen LogP contribution in [0.3, 0.4) is 0 Å². The zero-order valence-electron chi connectivity index (χ0n) is 16.3. The van der Waals surface area contributed by atoms with Crippen molar-refractivity contribution in [3.63, 3.8) is 0 Å². The quantitative estimate of drug-likeness (QED) is 0.762. The summed E-state index contributed by atoms with van der Waals surface area (Å²) in [5.74, 6) is 1.07. The van der Waals surface area contributed by atoms with Crippen molar-refractivity contribution in [3.8, 4) is 0 Å². The Morgan fingerprint density at radius 1 is 1.37 bits per heavy atom. The number of aromatic nitrogens is 2. The third-order valence-electron chi connectivity index (χ3n) is 5.59. The van der Waals surface area contributed by atoms with E-state index >= 15 is 0 Å². The predicted molar refractivity (Wildman–Crippen MR) is 104 cm³/mol. The molecule has 0 aliphatic carbocycles. The molecule has 1 amide bonds. The summed E-state index contributed by atoms with van der Waals surface area (Å²) in [4.78, 5) is 17.3. The molecule has 2 saturated heterocycles. The monoisotopic (exact) mass is 371 g/mol. The van der Waals surface area contributed by atoms with Crippen LogP contribution in [-0.4, -0.2) is 45.8 Å². The molecule has 0 spiro atoms. The van der Waals surface area contributed by atoms with Crippen LogP contribution in [0.15, 0.2) is 24.3 Å². The second kappa shape index (κ2) is 7.22. The second-order valence-corrected chi connectivity index (χ2v) is 8.34. The lowest BCUT2D eigenvalue weighted by Gasteiger charge is -2.36. The number of nitrogens with one attached hydrogen (secondary N) is 3. The third kappa shape index (κ3) is 4.00. The highest BCUT2D eigenvalue weighted by atomic mass is 16.5. The summed E-state index contributed by atoms with van der Waals surface area (Å²) in [6.07, 6.45) is 2.48. The molecule has 27 heavy (non-hydrogen) atoms. The van der Waals surface area contributed by atoms with Crippen LogP contribution in [-0.2, 0) is 16.1 Å². The summed E-state index contributed by atoms with van der Waals surface area (Å²) in [7, 11) is 0. The largest absolute Gasteiger partial charge is 0.375 e. The molecule has 146 valence electrons. The molecule has 7 heteroatoms. The molecule has 2 aliphatic heterocycles. The van der Waals surface area contributed by atoms with Gasteiger partial charge in [0, 0.05) is 25.2 Å². The van der Waals surface area contributed by atoms with Crippen LogP contribution in [0, 0.1) is 6.92 Å². The van der Waals surface area contributed by atoms with E-state index in [2.05, 4.69) is 45.6 Å². The van der Waals surface area contributed by atoms with E-state index in [0.29, 0.717) is 6.61 Å². The van der Waals surface area contributed by atoms with Gasteiger partial charge in [-0.3, -0.25) is 10.2 Å². The minimum absolute atomic E-state index is 0.0694. The predicted octanol–water partition coefficient (Wildman–Crippen LogP) is 1.65. The molecule has 0 bridgehead atoms. The maximum absolute atomic E-state index is 12.7. The fourth-order valence-electron chi connectivity index (χ4n) is 4.22. The van der Waals surface area contributed by atoms with Gasteiger partial charge in [0.25, 0.3) is 0 Å². The van der Waals surface area contributed by atoms with E-state index in [1.54, 1.807) is 0 Å². The highest BCUT2D eigenvalue weighted by Gasteiger charge is 2.34. The third-order valence-corrected chi connectivity index (χ3v) is 5.59. The number of fused-ring (bicyclic) bond motifs is 1. The Balaban J connectivity index is 1.36. The summed E-state index contributed by atoms with van der Waals surface area (Å²) in [5.41, 5.74) is 8.44. The number of carbonyl (C=O) groups excluding carboxylic acids is 1. The van der Waals surface area contributed by atoms with Gasteiger partial charge in [0.05, 0.1) is 16.6 Å². The van der Waals surface area contributed by atoms with Crippen LogP contribution < -0.4 is 16.2 Å². The first-order chi connectivity index (χ1) is 12.9. The molecule has 7 nitrogen and oxygen atoms in total. The smallest absolute Gasteiger partial charge is 0.238 e. The number of imidazole rings is 1. The molecular weight excluding hydrogens is 342 g/mol.